The summed E-state index contributed by atoms with van der Waals surface area (Å²) in [5, 5.41) is 48.5. The van der Waals surface area contributed by atoms with Crippen molar-refractivity contribution in [2.45, 2.75) is 69.0 Å². The van der Waals surface area contributed by atoms with Crippen LogP contribution in [0.4, 0.5) is 0 Å². The second-order valence-corrected chi connectivity index (χ2v) is 5.38. The van der Waals surface area contributed by atoms with Crippen molar-refractivity contribution >= 4 is 0 Å². The Hall–Kier alpha value is -0.320. The number of rotatable bonds is 2. The van der Waals surface area contributed by atoms with Gasteiger partial charge in [-0.25, -0.2) is 0 Å². The first-order valence-corrected chi connectivity index (χ1v) is 6.65. The quantitative estimate of drug-likeness (QED) is 0.373. The van der Waals surface area contributed by atoms with E-state index < -0.39 is 55.1 Å². The Kier molecular flexibility index (Phi) is 4.98. The van der Waals surface area contributed by atoms with E-state index in [0.717, 1.165) is 0 Å². The number of ether oxygens (including phenoxy) is 3. The van der Waals surface area contributed by atoms with Crippen LogP contribution in [0.2, 0.25) is 0 Å². The van der Waals surface area contributed by atoms with Crippen molar-refractivity contribution in [2.24, 2.45) is 0 Å². The maximum atomic E-state index is 10.0. The fraction of sp³-hybridized carbons (Fsp3) is 1.00. The number of hydrogen-bond donors (Lipinski definition) is 5. The molecule has 0 aromatic heterocycles. The molecule has 2 aliphatic rings. The lowest BCUT2D eigenvalue weighted by atomic mass is 9.96. The lowest BCUT2D eigenvalue weighted by Gasteiger charge is -2.43. The first-order chi connectivity index (χ1) is 9.32. The van der Waals surface area contributed by atoms with Crippen LogP contribution in [0, 0.1) is 0 Å². The highest BCUT2D eigenvalue weighted by Gasteiger charge is 2.46. The van der Waals surface area contributed by atoms with Crippen molar-refractivity contribution in [1.29, 1.82) is 0 Å². The topological polar surface area (TPSA) is 129 Å². The van der Waals surface area contributed by atoms with Crippen LogP contribution < -0.4 is 0 Å². The first-order valence-electron chi connectivity index (χ1n) is 6.65. The molecule has 8 heteroatoms. The third-order valence-corrected chi connectivity index (χ3v) is 3.80. The van der Waals surface area contributed by atoms with Gasteiger partial charge in [0.25, 0.3) is 0 Å². The summed E-state index contributed by atoms with van der Waals surface area (Å²) < 4.78 is 16.0. The number of aliphatic hydroxyl groups excluding tert-OH is 5. The van der Waals surface area contributed by atoms with Crippen LogP contribution in [0.25, 0.3) is 0 Å². The zero-order chi connectivity index (χ0) is 15.0. The molecule has 0 spiro atoms. The Labute approximate surface area is 116 Å². The van der Waals surface area contributed by atoms with Crippen LogP contribution >= 0.6 is 0 Å². The van der Waals surface area contributed by atoms with Gasteiger partial charge >= 0.3 is 0 Å². The molecule has 5 N–H and O–H groups in total. The number of aliphatic hydroxyl groups is 5. The maximum Gasteiger partial charge on any atom is 0.186 e. The normalized spacial score (nSPS) is 53.9. The van der Waals surface area contributed by atoms with E-state index in [1.165, 1.54) is 0 Å². The molecule has 0 aromatic carbocycles. The molecule has 2 saturated heterocycles. The summed E-state index contributed by atoms with van der Waals surface area (Å²) in [6.45, 7) is 3.10. The van der Waals surface area contributed by atoms with Crippen LogP contribution in [0.15, 0.2) is 0 Å². The molecule has 0 bridgehead atoms. The summed E-state index contributed by atoms with van der Waals surface area (Å²) in [7, 11) is 0. The minimum Gasteiger partial charge on any atom is -0.388 e. The van der Waals surface area contributed by atoms with Gasteiger partial charge in [-0.3, -0.25) is 0 Å². The molecular weight excluding hydrogens is 272 g/mol. The molecule has 0 aromatic rings. The van der Waals surface area contributed by atoms with E-state index in [9.17, 15) is 25.5 Å². The van der Waals surface area contributed by atoms with E-state index in [4.69, 9.17) is 14.2 Å². The zero-order valence-electron chi connectivity index (χ0n) is 11.4. The minimum absolute atomic E-state index is 0.195. The Balaban J connectivity index is 2.01. The van der Waals surface area contributed by atoms with Crippen LogP contribution in [0.5, 0.6) is 0 Å². The summed E-state index contributed by atoms with van der Waals surface area (Å²) in [5.74, 6) is 0. The Morgan fingerprint density at radius 1 is 0.850 bits per heavy atom. The highest BCUT2D eigenvalue weighted by atomic mass is 16.7. The molecule has 118 valence electrons. The average Bonchev–Trinajstić information content (AvgIpc) is 2.41. The van der Waals surface area contributed by atoms with Gasteiger partial charge in [0.1, 0.15) is 36.6 Å². The Morgan fingerprint density at radius 2 is 1.50 bits per heavy atom. The predicted molar refractivity (Wildman–Crippen MR) is 64.7 cm³/mol. The molecule has 0 saturated carbocycles. The van der Waals surface area contributed by atoms with Gasteiger partial charge in [-0.15, -0.1) is 0 Å². The summed E-state index contributed by atoms with van der Waals surface area (Å²) >= 11 is 0. The second kappa shape index (κ2) is 6.20. The third-order valence-electron chi connectivity index (χ3n) is 3.80. The summed E-state index contributed by atoms with van der Waals surface area (Å²) in [6.07, 6.45) is -9.54. The van der Waals surface area contributed by atoms with Gasteiger partial charge in [-0.2, -0.15) is 0 Å². The largest absolute Gasteiger partial charge is 0.388 e. The van der Waals surface area contributed by atoms with E-state index in [0.29, 0.717) is 0 Å². The van der Waals surface area contributed by atoms with Crippen LogP contribution in [0.1, 0.15) is 13.8 Å². The molecule has 2 aliphatic heterocycles. The molecule has 2 heterocycles. The minimum atomic E-state index is -1.45. The molecule has 0 unspecified atom stereocenters. The van der Waals surface area contributed by atoms with Crippen molar-refractivity contribution in [2.75, 3.05) is 6.61 Å². The monoisotopic (exact) mass is 294 g/mol. The molecule has 0 aliphatic carbocycles. The summed E-state index contributed by atoms with van der Waals surface area (Å²) in [6, 6.07) is 0. The van der Waals surface area contributed by atoms with Crippen molar-refractivity contribution in [3.05, 3.63) is 0 Å². The molecule has 8 nitrogen and oxygen atoms in total. The molecule has 2 rings (SSSR count). The van der Waals surface area contributed by atoms with Gasteiger partial charge in [0.05, 0.1) is 18.8 Å². The molecule has 20 heavy (non-hydrogen) atoms. The van der Waals surface area contributed by atoms with Crippen LogP contribution in [-0.2, 0) is 14.2 Å². The van der Waals surface area contributed by atoms with Gasteiger partial charge < -0.3 is 39.7 Å². The fourth-order valence-electron chi connectivity index (χ4n) is 2.49. The number of hydrogen-bond acceptors (Lipinski definition) is 8. The lowest BCUT2D eigenvalue weighted by molar-refractivity contribution is -0.319. The first kappa shape index (κ1) is 16.1. The van der Waals surface area contributed by atoms with E-state index in [-0.39, 0.29) is 6.61 Å². The Morgan fingerprint density at radius 3 is 2.15 bits per heavy atom. The zero-order valence-corrected chi connectivity index (χ0v) is 11.4. The smallest absolute Gasteiger partial charge is 0.186 e. The van der Waals surface area contributed by atoms with Crippen molar-refractivity contribution in [1.82, 2.24) is 0 Å². The van der Waals surface area contributed by atoms with Crippen molar-refractivity contribution in [3.63, 3.8) is 0 Å². The highest BCUT2D eigenvalue weighted by Crippen LogP contribution is 2.27. The van der Waals surface area contributed by atoms with Crippen LogP contribution in [0.3, 0.4) is 0 Å². The molecule has 9 atom stereocenters. The van der Waals surface area contributed by atoms with Gasteiger partial charge in [0.2, 0.25) is 0 Å². The van der Waals surface area contributed by atoms with Gasteiger partial charge in [-0.05, 0) is 13.8 Å². The standard InChI is InChI=1S/C12H22O8/c1-4-7(14)9(16)11(5(2)19-4)20-12-10(17)8(15)6(13)3-18-12/h4-17H,3H2,1-2H3/t4-,5+,6-,7+,8+,9+,10-,11+,12+/m0/s1. The summed E-state index contributed by atoms with van der Waals surface area (Å²) in [4.78, 5) is 0. The SMILES string of the molecule is C[C@@H]1O[C@H](C)[C@@H](O[C@H]2OC[C@H](O)[C@@H](O)[C@@H]2O)[C@H](O)[C@@H]1O. The third kappa shape index (κ3) is 2.97. The molecule has 0 amide bonds. The van der Waals surface area contributed by atoms with E-state index in [1.807, 2.05) is 0 Å². The molecular formula is C12H22O8. The Bertz CT molecular complexity index is 327. The van der Waals surface area contributed by atoms with E-state index >= 15 is 0 Å². The summed E-state index contributed by atoms with van der Waals surface area (Å²) in [5.41, 5.74) is 0. The highest BCUT2D eigenvalue weighted by molar-refractivity contribution is 4.91. The maximum absolute atomic E-state index is 10.0. The van der Waals surface area contributed by atoms with E-state index in [2.05, 4.69) is 0 Å². The van der Waals surface area contributed by atoms with Crippen molar-refractivity contribution in [3.8, 4) is 0 Å². The fourth-order valence-corrected chi connectivity index (χ4v) is 2.49. The van der Waals surface area contributed by atoms with Gasteiger partial charge in [0.15, 0.2) is 6.29 Å². The van der Waals surface area contributed by atoms with E-state index in [1.54, 1.807) is 13.8 Å². The van der Waals surface area contributed by atoms with Crippen molar-refractivity contribution < 1.29 is 39.7 Å². The molecule has 2 fully saturated rings. The molecule has 0 radical (unpaired) electrons. The lowest BCUT2D eigenvalue weighted by Crippen LogP contribution is -2.61. The second-order valence-electron chi connectivity index (χ2n) is 5.38. The van der Waals surface area contributed by atoms with Gasteiger partial charge in [0, 0.05) is 0 Å². The predicted octanol–water partition coefficient (Wildman–Crippen LogP) is -2.66. The van der Waals surface area contributed by atoms with Gasteiger partial charge in [-0.1, -0.05) is 0 Å². The van der Waals surface area contributed by atoms with Crippen LogP contribution in [-0.4, -0.2) is 87.3 Å². The average molecular weight is 294 g/mol.